The lowest BCUT2D eigenvalue weighted by Crippen LogP contribution is -2.45. The van der Waals surface area contributed by atoms with Crippen LogP contribution in [0.5, 0.6) is 0 Å². The highest BCUT2D eigenvalue weighted by Gasteiger charge is 2.42. The molecule has 0 fully saturated rings. The normalized spacial score (nSPS) is 13.3. The molecule has 0 saturated carbocycles. The fourth-order valence-electron chi connectivity index (χ4n) is 3.15. The van der Waals surface area contributed by atoms with Gasteiger partial charge in [0.05, 0.1) is 23.8 Å². The molecule has 0 bridgehead atoms. The number of methoxy groups -OCH3 is 1. The number of carbonyl (C=O) groups excluding carboxylic acids is 4. The fourth-order valence-corrected chi connectivity index (χ4v) is 3.15. The number of imide groups is 1. The van der Waals surface area contributed by atoms with Gasteiger partial charge >= 0.3 is 5.97 Å². The monoisotopic (exact) mass is 394 g/mol. The van der Waals surface area contributed by atoms with Crippen molar-refractivity contribution in [1.29, 1.82) is 0 Å². The molecule has 1 N–H and O–H groups in total. The van der Waals surface area contributed by atoms with Crippen molar-refractivity contribution < 1.29 is 23.9 Å². The largest absolute Gasteiger partial charge is 0.465 e. The van der Waals surface area contributed by atoms with Gasteiger partial charge in [0.2, 0.25) is 0 Å². The zero-order valence-corrected chi connectivity index (χ0v) is 16.7. The summed E-state index contributed by atoms with van der Waals surface area (Å²) < 4.78 is 4.65. The molecule has 1 aliphatic rings. The second-order valence-corrected chi connectivity index (χ2v) is 7.75. The first kappa shape index (κ1) is 20.3. The average molecular weight is 394 g/mol. The number of amides is 3. The summed E-state index contributed by atoms with van der Waals surface area (Å²) in [7, 11) is 1.31. The molecular formula is C22H22N2O5. The SMILES string of the molecule is COC(=O)c1ccc(CNC(=O)c2ccc3c(c2)C(=O)N(C(C)(C)C)C3=O)cc1. The van der Waals surface area contributed by atoms with E-state index in [1.54, 1.807) is 45.0 Å². The lowest BCUT2D eigenvalue weighted by molar-refractivity contribution is 0.0506. The smallest absolute Gasteiger partial charge is 0.337 e. The number of benzene rings is 2. The lowest BCUT2D eigenvalue weighted by Gasteiger charge is -2.29. The van der Waals surface area contributed by atoms with Crippen molar-refractivity contribution >= 4 is 23.7 Å². The minimum absolute atomic E-state index is 0.236. The summed E-state index contributed by atoms with van der Waals surface area (Å²) in [5.41, 5.74) is 1.42. The number of nitrogens with zero attached hydrogens (tertiary/aromatic N) is 1. The maximum atomic E-state index is 12.7. The molecule has 7 nitrogen and oxygen atoms in total. The van der Waals surface area contributed by atoms with E-state index in [9.17, 15) is 19.2 Å². The number of hydrogen-bond acceptors (Lipinski definition) is 5. The van der Waals surface area contributed by atoms with Gasteiger partial charge in [0.25, 0.3) is 17.7 Å². The molecule has 0 aromatic heterocycles. The van der Waals surface area contributed by atoms with E-state index >= 15 is 0 Å². The van der Waals surface area contributed by atoms with Crippen molar-refractivity contribution in [2.24, 2.45) is 0 Å². The molecule has 3 rings (SSSR count). The van der Waals surface area contributed by atoms with Gasteiger partial charge in [-0.05, 0) is 56.7 Å². The molecule has 0 saturated heterocycles. The lowest BCUT2D eigenvalue weighted by atomic mass is 10.1. The second kappa shape index (κ2) is 7.50. The first-order valence-corrected chi connectivity index (χ1v) is 9.12. The maximum absolute atomic E-state index is 12.7. The van der Waals surface area contributed by atoms with Crippen molar-refractivity contribution in [3.63, 3.8) is 0 Å². The van der Waals surface area contributed by atoms with Gasteiger partial charge in [0.1, 0.15) is 0 Å². The van der Waals surface area contributed by atoms with E-state index in [2.05, 4.69) is 10.1 Å². The molecule has 0 unspecified atom stereocenters. The molecular weight excluding hydrogens is 372 g/mol. The molecule has 7 heteroatoms. The third kappa shape index (κ3) is 3.89. The molecule has 2 aromatic carbocycles. The van der Waals surface area contributed by atoms with Crippen molar-refractivity contribution in [2.45, 2.75) is 32.9 Å². The van der Waals surface area contributed by atoms with E-state index in [0.717, 1.165) is 5.56 Å². The fraction of sp³-hybridized carbons (Fsp3) is 0.273. The zero-order chi connectivity index (χ0) is 21.3. The average Bonchev–Trinajstić information content (AvgIpc) is 2.95. The van der Waals surface area contributed by atoms with Crippen LogP contribution in [0.15, 0.2) is 42.5 Å². The van der Waals surface area contributed by atoms with Gasteiger partial charge in [-0.2, -0.15) is 0 Å². The summed E-state index contributed by atoms with van der Waals surface area (Å²) in [6.07, 6.45) is 0. The Bertz CT molecular complexity index is 1000. The number of carbonyl (C=O) groups is 4. The Morgan fingerprint density at radius 1 is 0.931 bits per heavy atom. The van der Waals surface area contributed by atoms with E-state index in [1.807, 2.05) is 0 Å². The van der Waals surface area contributed by atoms with E-state index in [1.165, 1.54) is 30.2 Å². The standard InChI is InChI=1S/C22H22N2O5/c1-22(2,3)24-19(26)16-10-9-15(11-17(16)20(24)27)18(25)23-12-13-5-7-14(8-6-13)21(28)29-4/h5-11H,12H2,1-4H3,(H,23,25). The van der Waals surface area contributed by atoms with Gasteiger partial charge in [-0.25, -0.2) is 4.79 Å². The highest BCUT2D eigenvalue weighted by atomic mass is 16.5. The van der Waals surface area contributed by atoms with Crippen LogP contribution in [0.4, 0.5) is 0 Å². The van der Waals surface area contributed by atoms with Crippen molar-refractivity contribution in [3.05, 3.63) is 70.3 Å². The summed E-state index contributed by atoms with van der Waals surface area (Å²) in [4.78, 5) is 50.3. The minimum Gasteiger partial charge on any atom is -0.465 e. The van der Waals surface area contributed by atoms with Crippen LogP contribution in [-0.4, -0.2) is 41.2 Å². The Morgan fingerprint density at radius 2 is 1.52 bits per heavy atom. The van der Waals surface area contributed by atoms with Crippen LogP contribution in [0.25, 0.3) is 0 Å². The maximum Gasteiger partial charge on any atom is 0.337 e. The van der Waals surface area contributed by atoms with Crippen LogP contribution < -0.4 is 5.32 Å². The summed E-state index contributed by atoms with van der Waals surface area (Å²) in [5.74, 6) is -1.54. The summed E-state index contributed by atoms with van der Waals surface area (Å²) >= 11 is 0. The molecule has 1 aliphatic heterocycles. The van der Waals surface area contributed by atoms with Crippen LogP contribution in [0.1, 0.15) is 67.8 Å². The molecule has 0 aliphatic carbocycles. The molecule has 0 atom stereocenters. The quantitative estimate of drug-likeness (QED) is 0.636. The van der Waals surface area contributed by atoms with Gasteiger partial charge in [-0.3, -0.25) is 19.3 Å². The number of hydrogen-bond donors (Lipinski definition) is 1. The van der Waals surface area contributed by atoms with E-state index in [-0.39, 0.29) is 23.9 Å². The summed E-state index contributed by atoms with van der Waals surface area (Å²) in [6.45, 7) is 5.60. The second-order valence-electron chi connectivity index (χ2n) is 7.75. The molecule has 2 aromatic rings. The van der Waals surface area contributed by atoms with Crippen molar-refractivity contribution in [3.8, 4) is 0 Å². The Balaban J connectivity index is 1.72. The van der Waals surface area contributed by atoms with Crippen LogP contribution in [0.3, 0.4) is 0 Å². The molecule has 0 spiro atoms. The van der Waals surface area contributed by atoms with Crippen molar-refractivity contribution in [1.82, 2.24) is 10.2 Å². The van der Waals surface area contributed by atoms with Crippen LogP contribution in [0.2, 0.25) is 0 Å². The predicted molar refractivity (Wildman–Crippen MR) is 106 cm³/mol. The minimum atomic E-state index is -0.647. The van der Waals surface area contributed by atoms with Gasteiger partial charge in [-0.1, -0.05) is 12.1 Å². The number of nitrogens with one attached hydrogen (secondary N) is 1. The van der Waals surface area contributed by atoms with Gasteiger partial charge in [0.15, 0.2) is 0 Å². The highest BCUT2D eigenvalue weighted by molar-refractivity contribution is 6.22. The third-order valence-corrected chi connectivity index (χ3v) is 4.65. The van der Waals surface area contributed by atoms with Crippen LogP contribution in [-0.2, 0) is 11.3 Å². The Morgan fingerprint density at radius 3 is 2.10 bits per heavy atom. The molecule has 150 valence electrons. The first-order valence-electron chi connectivity index (χ1n) is 9.12. The number of fused-ring (bicyclic) bond motifs is 1. The molecule has 0 radical (unpaired) electrons. The van der Waals surface area contributed by atoms with E-state index < -0.39 is 17.4 Å². The van der Waals surface area contributed by atoms with Gasteiger partial charge < -0.3 is 10.1 Å². The summed E-state index contributed by atoms with van der Waals surface area (Å²) in [5, 5.41) is 2.77. The molecule has 3 amide bonds. The number of ether oxygens (including phenoxy) is 1. The number of esters is 1. The first-order chi connectivity index (χ1) is 13.6. The van der Waals surface area contributed by atoms with Gasteiger partial charge in [-0.15, -0.1) is 0 Å². The Hall–Kier alpha value is -3.48. The van der Waals surface area contributed by atoms with Crippen LogP contribution in [0, 0.1) is 0 Å². The predicted octanol–water partition coefficient (Wildman–Crippen LogP) is 2.80. The summed E-state index contributed by atoms with van der Waals surface area (Å²) in [6, 6.07) is 11.2. The molecule has 1 heterocycles. The highest BCUT2D eigenvalue weighted by Crippen LogP contribution is 2.29. The van der Waals surface area contributed by atoms with E-state index in [4.69, 9.17) is 0 Å². The van der Waals surface area contributed by atoms with Crippen LogP contribution >= 0.6 is 0 Å². The van der Waals surface area contributed by atoms with E-state index in [0.29, 0.717) is 16.7 Å². The number of rotatable bonds is 4. The molecule has 29 heavy (non-hydrogen) atoms. The third-order valence-electron chi connectivity index (χ3n) is 4.65. The zero-order valence-electron chi connectivity index (χ0n) is 16.7. The Labute approximate surface area is 168 Å². The Kier molecular flexibility index (Phi) is 5.24. The van der Waals surface area contributed by atoms with Crippen molar-refractivity contribution in [2.75, 3.05) is 7.11 Å². The van der Waals surface area contributed by atoms with Gasteiger partial charge in [0, 0.05) is 17.6 Å². The topological polar surface area (TPSA) is 92.8 Å².